The Morgan fingerprint density at radius 1 is 1.67 bits per heavy atom. The number of hydrogen-bond acceptors (Lipinski definition) is 4. The molecule has 15 heavy (non-hydrogen) atoms. The van der Waals surface area contributed by atoms with Gasteiger partial charge in [-0.05, 0) is 19.1 Å². The average molecular weight is 222 g/mol. The molecular formula is C8H10N6S. The topological polar surface area (TPSA) is 63.8 Å². The zero-order chi connectivity index (χ0) is 10.7. The van der Waals surface area contributed by atoms with Crippen molar-refractivity contribution in [3.8, 4) is 0 Å². The van der Waals surface area contributed by atoms with Gasteiger partial charge in [-0.2, -0.15) is 20.0 Å². The molecule has 0 aliphatic heterocycles. The van der Waals surface area contributed by atoms with Crippen molar-refractivity contribution < 1.29 is 0 Å². The Morgan fingerprint density at radius 2 is 2.53 bits per heavy atom. The number of aromatic nitrogens is 5. The van der Waals surface area contributed by atoms with E-state index in [1.54, 1.807) is 12.4 Å². The van der Waals surface area contributed by atoms with Crippen LogP contribution in [0.4, 0.5) is 0 Å². The second-order valence-corrected chi connectivity index (χ2v) is 3.27. The smallest absolute Gasteiger partial charge is 0.216 e. The molecule has 2 aromatic heterocycles. The standard InChI is InChI=1S/C8H10N6S/c1-2-13-5-7(3-10-13)4-11-14-6-9-12-8(14)15/h3-6H,2H2,1H3,(H,12,15)/b11-4-. The summed E-state index contributed by atoms with van der Waals surface area (Å²) in [6, 6.07) is 0. The van der Waals surface area contributed by atoms with Crippen molar-refractivity contribution in [2.45, 2.75) is 13.5 Å². The lowest BCUT2D eigenvalue weighted by Gasteiger charge is -1.89. The lowest BCUT2D eigenvalue weighted by Crippen LogP contribution is -1.92. The molecule has 0 bridgehead atoms. The van der Waals surface area contributed by atoms with Crippen molar-refractivity contribution >= 4 is 18.4 Å². The van der Waals surface area contributed by atoms with E-state index < -0.39 is 0 Å². The van der Waals surface area contributed by atoms with Crippen molar-refractivity contribution in [1.29, 1.82) is 0 Å². The highest BCUT2D eigenvalue weighted by molar-refractivity contribution is 7.71. The largest absolute Gasteiger partial charge is 0.272 e. The maximum atomic E-state index is 4.94. The summed E-state index contributed by atoms with van der Waals surface area (Å²) in [6.45, 7) is 2.87. The third-order valence-electron chi connectivity index (χ3n) is 1.84. The number of aryl methyl sites for hydroxylation is 1. The maximum Gasteiger partial charge on any atom is 0.216 e. The van der Waals surface area contributed by atoms with Gasteiger partial charge in [0.15, 0.2) is 0 Å². The van der Waals surface area contributed by atoms with E-state index in [9.17, 15) is 0 Å². The van der Waals surface area contributed by atoms with E-state index in [0.717, 1.165) is 12.1 Å². The highest BCUT2D eigenvalue weighted by atomic mass is 32.1. The lowest BCUT2D eigenvalue weighted by molar-refractivity contribution is 0.660. The van der Waals surface area contributed by atoms with E-state index in [4.69, 9.17) is 12.2 Å². The van der Waals surface area contributed by atoms with Crippen LogP contribution in [0.2, 0.25) is 0 Å². The van der Waals surface area contributed by atoms with Gasteiger partial charge in [-0.25, -0.2) is 0 Å². The van der Waals surface area contributed by atoms with Gasteiger partial charge < -0.3 is 0 Å². The summed E-state index contributed by atoms with van der Waals surface area (Å²) < 4.78 is 3.78. The van der Waals surface area contributed by atoms with E-state index in [-0.39, 0.29) is 0 Å². The molecule has 0 saturated carbocycles. The Labute approximate surface area is 91.2 Å². The molecule has 2 rings (SSSR count). The van der Waals surface area contributed by atoms with Crippen LogP contribution >= 0.6 is 12.2 Å². The quantitative estimate of drug-likeness (QED) is 0.623. The predicted octanol–water partition coefficient (Wildman–Crippen LogP) is 1.04. The van der Waals surface area contributed by atoms with Crippen molar-refractivity contribution in [2.75, 3.05) is 0 Å². The summed E-state index contributed by atoms with van der Waals surface area (Å²) in [6.07, 6.45) is 6.86. The second-order valence-electron chi connectivity index (χ2n) is 2.88. The van der Waals surface area contributed by atoms with Gasteiger partial charge in [0.05, 0.1) is 12.4 Å². The van der Waals surface area contributed by atoms with Crippen molar-refractivity contribution in [1.82, 2.24) is 24.7 Å². The SMILES string of the molecule is CCn1cc(/C=N\n2cn[nH]c2=S)cn1. The first-order valence-corrected chi connectivity index (χ1v) is 4.89. The molecule has 0 aliphatic carbocycles. The van der Waals surface area contributed by atoms with Gasteiger partial charge in [0, 0.05) is 18.3 Å². The molecule has 78 valence electrons. The second kappa shape index (κ2) is 4.18. The van der Waals surface area contributed by atoms with Gasteiger partial charge in [-0.3, -0.25) is 9.78 Å². The van der Waals surface area contributed by atoms with Gasteiger partial charge in [0.1, 0.15) is 6.33 Å². The molecule has 2 aromatic rings. The lowest BCUT2D eigenvalue weighted by atomic mass is 10.4. The van der Waals surface area contributed by atoms with Crippen molar-refractivity contribution in [2.24, 2.45) is 5.10 Å². The van der Waals surface area contributed by atoms with Crippen LogP contribution in [-0.4, -0.2) is 30.9 Å². The van der Waals surface area contributed by atoms with Crippen LogP contribution in [0.3, 0.4) is 0 Å². The number of aromatic amines is 1. The summed E-state index contributed by atoms with van der Waals surface area (Å²) in [5, 5.41) is 14.6. The zero-order valence-electron chi connectivity index (χ0n) is 8.16. The van der Waals surface area contributed by atoms with Crippen molar-refractivity contribution in [3.63, 3.8) is 0 Å². The molecule has 0 aromatic carbocycles. The molecule has 0 spiro atoms. The number of nitrogens with one attached hydrogen (secondary N) is 1. The normalized spacial score (nSPS) is 11.3. The average Bonchev–Trinajstić information content (AvgIpc) is 2.84. The Morgan fingerprint density at radius 3 is 3.13 bits per heavy atom. The predicted molar refractivity (Wildman–Crippen MR) is 58.3 cm³/mol. The molecule has 7 heteroatoms. The van der Waals surface area contributed by atoms with E-state index in [1.165, 1.54) is 11.0 Å². The number of rotatable bonds is 3. The van der Waals surface area contributed by atoms with Crippen LogP contribution in [-0.2, 0) is 6.54 Å². The number of hydrogen-bond donors (Lipinski definition) is 1. The third kappa shape index (κ3) is 2.18. The Balaban J connectivity index is 2.18. The minimum Gasteiger partial charge on any atom is -0.272 e. The highest BCUT2D eigenvalue weighted by Gasteiger charge is 1.93. The molecule has 0 unspecified atom stereocenters. The van der Waals surface area contributed by atoms with Crippen LogP contribution in [0.25, 0.3) is 0 Å². The van der Waals surface area contributed by atoms with Crippen LogP contribution in [0.1, 0.15) is 12.5 Å². The molecule has 0 atom stereocenters. The summed E-state index contributed by atoms with van der Waals surface area (Å²) >= 11 is 4.94. The Hall–Kier alpha value is -1.76. The first kappa shape index (κ1) is 9.78. The van der Waals surface area contributed by atoms with E-state index in [1.807, 2.05) is 17.8 Å². The Bertz CT molecular complexity index is 519. The first-order chi connectivity index (χ1) is 7.29. The molecule has 0 aliphatic rings. The Kier molecular flexibility index (Phi) is 2.72. The monoisotopic (exact) mass is 222 g/mol. The molecule has 2 heterocycles. The minimum atomic E-state index is 0.467. The van der Waals surface area contributed by atoms with Crippen LogP contribution in [0.15, 0.2) is 23.8 Å². The molecule has 0 radical (unpaired) electrons. The van der Waals surface area contributed by atoms with Gasteiger partial charge in [-0.15, -0.1) is 0 Å². The highest BCUT2D eigenvalue weighted by Crippen LogP contribution is 1.94. The number of H-pyrrole nitrogens is 1. The van der Waals surface area contributed by atoms with Gasteiger partial charge in [0.25, 0.3) is 0 Å². The third-order valence-corrected chi connectivity index (χ3v) is 2.12. The van der Waals surface area contributed by atoms with Gasteiger partial charge in [-0.1, -0.05) is 0 Å². The summed E-state index contributed by atoms with van der Waals surface area (Å²) in [5.41, 5.74) is 0.931. The summed E-state index contributed by atoms with van der Waals surface area (Å²) in [4.78, 5) is 0. The zero-order valence-corrected chi connectivity index (χ0v) is 8.98. The molecule has 0 fully saturated rings. The van der Waals surface area contributed by atoms with Crippen LogP contribution in [0.5, 0.6) is 0 Å². The number of nitrogens with zero attached hydrogens (tertiary/aromatic N) is 5. The van der Waals surface area contributed by atoms with E-state index >= 15 is 0 Å². The van der Waals surface area contributed by atoms with Gasteiger partial charge in [0.2, 0.25) is 4.77 Å². The van der Waals surface area contributed by atoms with E-state index in [2.05, 4.69) is 20.4 Å². The molecular weight excluding hydrogens is 212 g/mol. The summed E-state index contributed by atoms with van der Waals surface area (Å²) in [5.74, 6) is 0. The molecule has 1 N–H and O–H groups in total. The molecule has 6 nitrogen and oxygen atoms in total. The van der Waals surface area contributed by atoms with E-state index in [0.29, 0.717) is 4.77 Å². The van der Waals surface area contributed by atoms with Crippen LogP contribution in [0, 0.1) is 4.77 Å². The fourth-order valence-corrected chi connectivity index (χ4v) is 1.22. The molecule has 0 amide bonds. The van der Waals surface area contributed by atoms with Gasteiger partial charge >= 0.3 is 0 Å². The van der Waals surface area contributed by atoms with Crippen LogP contribution < -0.4 is 0 Å². The minimum absolute atomic E-state index is 0.467. The first-order valence-electron chi connectivity index (χ1n) is 4.48. The fourth-order valence-electron chi connectivity index (χ4n) is 1.07. The summed E-state index contributed by atoms with van der Waals surface area (Å²) in [7, 11) is 0. The van der Waals surface area contributed by atoms with Crippen molar-refractivity contribution in [3.05, 3.63) is 29.1 Å². The fraction of sp³-hybridized carbons (Fsp3) is 0.250. The molecule has 0 saturated heterocycles. The maximum absolute atomic E-state index is 4.94.